The average molecular weight is 361 g/mol. The van der Waals surface area contributed by atoms with Crippen molar-refractivity contribution in [1.82, 2.24) is 5.48 Å². The number of nitrogens with one attached hydrogen (secondary N) is 1. The van der Waals surface area contributed by atoms with Crippen LogP contribution in [0.1, 0.15) is 6.42 Å². The maximum Gasteiger partial charge on any atom is 0.413 e. The van der Waals surface area contributed by atoms with Crippen LogP contribution in [-0.4, -0.2) is 75.2 Å². The van der Waals surface area contributed by atoms with Gasteiger partial charge >= 0.3 is 10.4 Å². The van der Waals surface area contributed by atoms with Crippen molar-refractivity contribution in [2.24, 2.45) is 0 Å². The minimum absolute atomic E-state index is 0.162. The summed E-state index contributed by atoms with van der Waals surface area (Å²) in [6, 6.07) is 0. The van der Waals surface area contributed by atoms with E-state index < -0.39 is 52.2 Å². The minimum Gasteiger partial charge on any atom is -0.394 e. The predicted octanol–water partition coefficient (Wildman–Crippen LogP) is -2.25. The number of hydrogen-bond donors (Lipinski definition) is 6. The molecule has 6 atom stereocenters. The van der Waals surface area contributed by atoms with Crippen LogP contribution in [-0.2, 0) is 19.4 Å². The lowest BCUT2D eigenvalue weighted by molar-refractivity contribution is -0.205. The van der Waals surface area contributed by atoms with E-state index in [-0.39, 0.29) is 6.42 Å². The van der Waals surface area contributed by atoms with Crippen molar-refractivity contribution in [2.45, 2.75) is 41.6 Å². The fourth-order valence-electron chi connectivity index (χ4n) is 1.74. The molecular weight excluding hydrogens is 342 g/mol. The first-order valence-corrected chi connectivity index (χ1v) is 8.48. The molecule has 6 N–H and O–H groups in total. The molecule has 1 heterocycles. The molecule has 130 valence electrons. The van der Waals surface area contributed by atoms with Crippen molar-refractivity contribution in [1.29, 1.82) is 0 Å². The SMILES string of the molecule is C=CCC(NOS(=O)(=O)O)SC1OC(CO)C(O)C(O)C1O. The van der Waals surface area contributed by atoms with Gasteiger partial charge in [0.1, 0.15) is 29.9 Å². The van der Waals surface area contributed by atoms with Crippen LogP contribution in [0, 0.1) is 0 Å². The van der Waals surface area contributed by atoms with Gasteiger partial charge in [0.15, 0.2) is 0 Å². The summed E-state index contributed by atoms with van der Waals surface area (Å²) in [4.78, 5) is 0. The van der Waals surface area contributed by atoms with Crippen molar-refractivity contribution in [3.8, 4) is 0 Å². The molecule has 1 aliphatic rings. The van der Waals surface area contributed by atoms with Crippen molar-refractivity contribution in [2.75, 3.05) is 6.61 Å². The Kier molecular flexibility index (Phi) is 7.67. The van der Waals surface area contributed by atoms with Crippen molar-refractivity contribution >= 4 is 22.2 Å². The monoisotopic (exact) mass is 361 g/mol. The highest BCUT2D eigenvalue weighted by Crippen LogP contribution is 2.31. The van der Waals surface area contributed by atoms with Gasteiger partial charge < -0.3 is 25.2 Å². The summed E-state index contributed by atoms with van der Waals surface area (Å²) >= 11 is 0.827. The number of rotatable bonds is 8. The van der Waals surface area contributed by atoms with Gasteiger partial charge in [-0.2, -0.15) is 18.2 Å². The first-order chi connectivity index (χ1) is 10.2. The average Bonchev–Trinajstić information content (AvgIpc) is 2.44. The normalized spacial score (nSPS) is 34.3. The van der Waals surface area contributed by atoms with Crippen LogP contribution < -0.4 is 5.48 Å². The molecule has 0 aromatic heterocycles. The van der Waals surface area contributed by atoms with Crippen LogP contribution in [0.3, 0.4) is 0 Å². The van der Waals surface area contributed by atoms with E-state index in [2.05, 4.69) is 10.9 Å². The van der Waals surface area contributed by atoms with Gasteiger partial charge in [-0.1, -0.05) is 6.08 Å². The van der Waals surface area contributed by atoms with Gasteiger partial charge in [0.05, 0.1) is 12.0 Å². The van der Waals surface area contributed by atoms with E-state index in [0.29, 0.717) is 0 Å². The number of hydroxylamine groups is 1. The van der Waals surface area contributed by atoms with Crippen LogP contribution in [0.5, 0.6) is 0 Å². The highest BCUT2D eigenvalue weighted by molar-refractivity contribution is 8.00. The van der Waals surface area contributed by atoms with Gasteiger partial charge in [-0.15, -0.1) is 18.3 Å². The highest BCUT2D eigenvalue weighted by Gasteiger charge is 2.44. The fourth-order valence-corrected chi connectivity index (χ4v) is 3.24. The largest absolute Gasteiger partial charge is 0.413 e. The Labute approximate surface area is 131 Å². The zero-order valence-corrected chi connectivity index (χ0v) is 13.0. The second kappa shape index (κ2) is 8.54. The summed E-state index contributed by atoms with van der Waals surface area (Å²) in [7, 11) is -4.72. The molecule has 0 bridgehead atoms. The van der Waals surface area contributed by atoms with E-state index in [4.69, 9.17) is 14.4 Å². The summed E-state index contributed by atoms with van der Waals surface area (Å²) in [5.74, 6) is 0. The lowest BCUT2D eigenvalue weighted by Crippen LogP contribution is -2.58. The number of ether oxygens (including phenoxy) is 1. The summed E-state index contributed by atoms with van der Waals surface area (Å²) in [5.41, 5.74) is 0.958. The Bertz CT molecular complexity index is 457. The Morgan fingerprint density at radius 2 is 1.95 bits per heavy atom. The zero-order chi connectivity index (χ0) is 16.9. The topological polar surface area (TPSA) is 166 Å². The Balaban J connectivity index is 2.72. The Morgan fingerprint density at radius 1 is 1.32 bits per heavy atom. The summed E-state index contributed by atoms with van der Waals surface area (Å²) in [6.07, 6.45) is -4.02. The Morgan fingerprint density at radius 3 is 2.45 bits per heavy atom. The molecular formula is C10H19NO9S2. The maximum absolute atomic E-state index is 10.5. The van der Waals surface area contributed by atoms with Crippen LogP contribution in [0.15, 0.2) is 12.7 Å². The summed E-state index contributed by atoms with van der Waals surface area (Å²) in [5, 5.41) is 37.4. The van der Waals surface area contributed by atoms with Gasteiger partial charge in [-0.25, -0.2) is 0 Å². The molecule has 0 aromatic carbocycles. The third-order valence-corrected chi connectivity index (χ3v) is 4.39. The Hall–Kier alpha value is -0.280. The van der Waals surface area contributed by atoms with Crippen LogP contribution >= 0.6 is 11.8 Å². The lowest BCUT2D eigenvalue weighted by atomic mass is 10.0. The van der Waals surface area contributed by atoms with Gasteiger partial charge in [0.25, 0.3) is 0 Å². The third kappa shape index (κ3) is 5.73. The quantitative estimate of drug-likeness (QED) is 0.120. The van der Waals surface area contributed by atoms with Crippen LogP contribution in [0.25, 0.3) is 0 Å². The van der Waals surface area contributed by atoms with Gasteiger partial charge in [-0.05, 0) is 6.42 Å². The second-order valence-electron chi connectivity index (χ2n) is 4.48. The van der Waals surface area contributed by atoms with E-state index in [1.54, 1.807) is 0 Å². The molecule has 0 saturated carbocycles. The van der Waals surface area contributed by atoms with E-state index in [1.807, 2.05) is 5.48 Å². The number of hydrogen-bond acceptors (Lipinski definition) is 10. The second-order valence-corrected chi connectivity index (χ2v) is 6.80. The molecule has 12 heteroatoms. The molecule has 0 aliphatic carbocycles. The van der Waals surface area contributed by atoms with E-state index in [9.17, 15) is 23.7 Å². The van der Waals surface area contributed by atoms with Gasteiger partial charge in [0, 0.05) is 0 Å². The number of aliphatic hydroxyl groups excluding tert-OH is 4. The lowest BCUT2D eigenvalue weighted by Gasteiger charge is -2.40. The van der Waals surface area contributed by atoms with Crippen molar-refractivity contribution < 1.29 is 42.4 Å². The number of aliphatic hydroxyl groups is 4. The summed E-state index contributed by atoms with van der Waals surface area (Å²) in [6.45, 7) is 2.88. The first kappa shape index (κ1) is 19.8. The molecule has 0 amide bonds. The molecule has 1 rings (SSSR count). The van der Waals surface area contributed by atoms with E-state index in [0.717, 1.165) is 11.8 Å². The van der Waals surface area contributed by atoms with Crippen LogP contribution in [0.2, 0.25) is 0 Å². The molecule has 22 heavy (non-hydrogen) atoms. The minimum atomic E-state index is -4.72. The molecule has 1 saturated heterocycles. The first-order valence-electron chi connectivity index (χ1n) is 6.18. The molecule has 6 unspecified atom stereocenters. The molecule has 0 spiro atoms. The molecule has 0 radical (unpaired) electrons. The molecule has 1 fully saturated rings. The van der Waals surface area contributed by atoms with E-state index in [1.165, 1.54) is 6.08 Å². The van der Waals surface area contributed by atoms with Gasteiger partial charge in [-0.3, -0.25) is 4.55 Å². The van der Waals surface area contributed by atoms with E-state index >= 15 is 0 Å². The predicted molar refractivity (Wildman–Crippen MR) is 75.7 cm³/mol. The van der Waals surface area contributed by atoms with Crippen LogP contribution in [0.4, 0.5) is 0 Å². The zero-order valence-electron chi connectivity index (χ0n) is 11.3. The summed E-state index contributed by atoms with van der Waals surface area (Å²) < 4.78 is 38.9. The fraction of sp³-hybridized carbons (Fsp3) is 0.800. The third-order valence-electron chi connectivity index (χ3n) is 2.81. The van der Waals surface area contributed by atoms with Gasteiger partial charge in [0.2, 0.25) is 0 Å². The smallest absolute Gasteiger partial charge is 0.394 e. The highest BCUT2D eigenvalue weighted by atomic mass is 32.3. The standard InChI is InChI=1S/C10H19NO9S2/c1-2-3-6(11-20-22(16,17)18)21-10-9(15)8(14)7(13)5(4-12)19-10/h2,5-15H,1,3-4H2,(H,16,17,18). The molecule has 1 aliphatic heterocycles. The maximum atomic E-state index is 10.5. The number of thioether (sulfide) groups is 1. The molecule has 0 aromatic rings. The molecule has 10 nitrogen and oxygen atoms in total. The van der Waals surface area contributed by atoms with Crippen molar-refractivity contribution in [3.05, 3.63) is 12.7 Å². The van der Waals surface area contributed by atoms with Crippen molar-refractivity contribution in [3.63, 3.8) is 0 Å².